The van der Waals surface area contributed by atoms with E-state index in [2.05, 4.69) is 95.5 Å². The fourth-order valence-electron chi connectivity index (χ4n) is 4.15. The molecule has 4 aromatic carbocycles. The number of rotatable bonds is 1. The monoisotopic (exact) mass is 344 g/mol. The number of fused-ring (bicyclic) bond motifs is 8. The molecule has 0 saturated heterocycles. The Morgan fingerprint density at radius 3 is 2.22 bits per heavy atom. The van der Waals surface area contributed by atoms with Crippen molar-refractivity contribution in [1.29, 1.82) is 0 Å². The molecule has 0 fully saturated rings. The Balaban J connectivity index is 1.85. The summed E-state index contributed by atoms with van der Waals surface area (Å²) in [5.41, 5.74) is 5.70. The van der Waals surface area contributed by atoms with E-state index in [0.29, 0.717) is 0 Å². The van der Waals surface area contributed by atoms with Crippen LogP contribution in [-0.2, 0) is 0 Å². The first-order valence-electron chi connectivity index (χ1n) is 9.17. The lowest BCUT2D eigenvalue weighted by atomic mass is 9.96. The zero-order chi connectivity index (χ0) is 17.8. The average molecular weight is 344 g/mol. The second-order valence-electron chi connectivity index (χ2n) is 6.91. The van der Waals surface area contributed by atoms with Gasteiger partial charge in [0.05, 0.1) is 11.0 Å². The molecule has 0 aliphatic rings. The summed E-state index contributed by atoms with van der Waals surface area (Å²) in [6, 6.07) is 32.1. The predicted molar refractivity (Wildman–Crippen MR) is 113 cm³/mol. The molecular weight excluding hydrogens is 328 g/mol. The quantitative estimate of drug-likeness (QED) is 0.313. The number of pyridine rings is 1. The van der Waals surface area contributed by atoms with Crippen LogP contribution in [0.5, 0.6) is 0 Å². The summed E-state index contributed by atoms with van der Waals surface area (Å²) < 4.78 is 2.20. The number of nitrogens with zero attached hydrogens (tertiary/aromatic N) is 2. The molecule has 0 unspecified atom stereocenters. The van der Waals surface area contributed by atoms with Crippen LogP contribution in [0, 0.1) is 0 Å². The summed E-state index contributed by atoms with van der Waals surface area (Å²) in [7, 11) is 0. The molecule has 0 aliphatic heterocycles. The maximum atomic E-state index is 4.94. The van der Waals surface area contributed by atoms with E-state index >= 15 is 0 Å². The molecular formula is C25H16N2. The average Bonchev–Trinajstić information content (AvgIpc) is 3.14. The molecule has 0 spiro atoms. The second kappa shape index (κ2) is 5.42. The van der Waals surface area contributed by atoms with Crippen LogP contribution in [0.3, 0.4) is 0 Å². The number of hydrogen-bond donors (Lipinski definition) is 0. The summed E-state index contributed by atoms with van der Waals surface area (Å²) in [6.45, 7) is 0. The fraction of sp³-hybridized carbons (Fsp3) is 0. The maximum absolute atomic E-state index is 4.94. The van der Waals surface area contributed by atoms with Gasteiger partial charge < -0.3 is 0 Å². The second-order valence-corrected chi connectivity index (χ2v) is 6.91. The van der Waals surface area contributed by atoms with Crippen LogP contribution in [0.2, 0.25) is 0 Å². The fourth-order valence-corrected chi connectivity index (χ4v) is 4.15. The Hall–Kier alpha value is -3.65. The van der Waals surface area contributed by atoms with Gasteiger partial charge in [-0.1, -0.05) is 72.8 Å². The Labute approximate surface area is 156 Å². The van der Waals surface area contributed by atoms with Crippen LogP contribution >= 0.6 is 0 Å². The van der Waals surface area contributed by atoms with Crippen molar-refractivity contribution in [3.05, 3.63) is 97.2 Å². The van der Waals surface area contributed by atoms with Crippen molar-refractivity contribution in [1.82, 2.24) is 9.38 Å². The molecule has 0 atom stereocenters. The summed E-state index contributed by atoms with van der Waals surface area (Å²) in [5, 5.41) is 4.96. The zero-order valence-corrected chi connectivity index (χ0v) is 14.6. The van der Waals surface area contributed by atoms with Crippen LogP contribution in [-0.4, -0.2) is 9.38 Å². The molecule has 6 rings (SSSR count). The van der Waals surface area contributed by atoms with Crippen LogP contribution in [0.25, 0.3) is 49.4 Å². The van der Waals surface area contributed by atoms with Crippen molar-refractivity contribution in [3.8, 4) is 11.1 Å². The van der Waals surface area contributed by atoms with E-state index in [1.54, 1.807) is 0 Å². The van der Waals surface area contributed by atoms with E-state index in [9.17, 15) is 0 Å². The van der Waals surface area contributed by atoms with Gasteiger partial charge in [-0.3, -0.25) is 4.40 Å². The van der Waals surface area contributed by atoms with E-state index in [1.165, 1.54) is 38.2 Å². The van der Waals surface area contributed by atoms with Crippen LogP contribution in [0.15, 0.2) is 97.2 Å². The van der Waals surface area contributed by atoms with Gasteiger partial charge in [-0.25, -0.2) is 4.98 Å². The lowest BCUT2D eigenvalue weighted by molar-refractivity contribution is 1.23. The van der Waals surface area contributed by atoms with Gasteiger partial charge in [-0.15, -0.1) is 0 Å². The molecule has 0 N–H and O–H groups in total. The van der Waals surface area contributed by atoms with Crippen molar-refractivity contribution in [2.45, 2.75) is 0 Å². The Morgan fingerprint density at radius 2 is 1.33 bits per heavy atom. The third kappa shape index (κ3) is 2.04. The van der Waals surface area contributed by atoms with Gasteiger partial charge in [-0.2, -0.15) is 0 Å². The summed E-state index contributed by atoms with van der Waals surface area (Å²) >= 11 is 0. The SMILES string of the molecule is c1ccc(-c2ccc3c(c2)c2ccccc2c2nc4ccccn4c32)cc1. The van der Waals surface area contributed by atoms with E-state index in [1.807, 2.05) is 6.07 Å². The van der Waals surface area contributed by atoms with Crippen molar-refractivity contribution >= 4 is 38.2 Å². The first kappa shape index (κ1) is 14.5. The van der Waals surface area contributed by atoms with Crippen LogP contribution in [0.1, 0.15) is 0 Å². The highest BCUT2D eigenvalue weighted by Crippen LogP contribution is 2.37. The Bertz CT molecular complexity index is 1460. The molecule has 126 valence electrons. The van der Waals surface area contributed by atoms with Crippen molar-refractivity contribution in [3.63, 3.8) is 0 Å². The predicted octanol–water partition coefficient (Wildman–Crippen LogP) is 6.46. The Morgan fingerprint density at radius 1 is 0.556 bits per heavy atom. The first-order chi connectivity index (χ1) is 13.4. The minimum atomic E-state index is 0.984. The highest BCUT2D eigenvalue weighted by atomic mass is 15.0. The van der Waals surface area contributed by atoms with E-state index in [-0.39, 0.29) is 0 Å². The topological polar surface area (TPSA) is 17.3 Å². The van der Waals surface area contributed by atoms with Gasteiger partial charge in [0.15, 0.2) is 0 Å². The molecule has 27 heavy (non-hydrogen) atoms. The number of aromatic nitrogens is 2. The zero-order valence-electron chi connectivity index (χ0n) is 14.6. The number of benzene rings is 4. The minimum absolute atomic E-state index is 0.984. The van der Waals surface area contributed by atoms with Crippen LogP contribution in [0.4, 0.5) is 0 Å². The molecule has 6 aromatic rings. The van der Waals surface area contributed by atoms with Crippen molar-refractivity contribution in [2.24, 2.45) is 0 Å². The molecule has 0 amide bonds. The number of hydrogen-bond acceptors (Lipinski definition) is 1. The molecule has 2 nitrogen and oxygen atoms in total. The highest BCUT2D eigenvalue weighted by Gasteiger charge is 2.14. The van der Waals surface area contributed by atoms with E-state index in [0.717, 1.165) is 11.2 Å². The molecule has 0 aliphatic carbocycles. The van der Waals surface area contributed by atoms with Gasteiger partial charge in [0, 0.05) is 17.0 Å². The third-order valence-electron chi connectivity index (χ3n) is 5.38. The molecule has 2 heteroatoms. The smallest absolute Gasteiger partial charge is 0.137 e. The van der Waals surface area contributed by atoms with E-state index < -0.39 is 0 Å². The Kier molecular flexibility index (Phi) is 2.91. The van der Waals surface area contributed by atoms with Gasteiger partial charge in [0.1, 0.15) is 5.65 Å². The lowest BCUT2D eigenvalue weighted by Gasteiger charge is -2.10. The van der Waals surface area contributed by atoms with Gasteiger partial charge in [-0.05, 0) is 40.1 Å². The summed E-state index contributed by atoms with van der Waals surface area (Å²) in [4.78, 5) is 4.94. The van der Waals surface area contributed by atoms with Gasteiger partial charge in [0.25, 0.3) is 0 Å². The van der Waals surface area contributed by atoms with Crippen molar-refractivity contribution < 1.29 is 0 Å². The molecule has 2 aromatic heterocycles. The van der Waals surface area contributed by atoms with E-state index in [4.69, 9.17) is 4.98 Å². The molecule has 0 saturated carbocycles. The van der Waals surface area contributed by atoms with Gasteiger partial charge >= 0.3 is 0 Å². The number of imidazole rings is 1. The molecule has 0 bridgehead atoms. The largest absolute Gasteiger partial charge is 0.299 e. The summed E-state index contributed by atoms with van der Waals surface area (Å²) in [5.74, 6) is 0. The molecule has 0 radical (unpaired) electrons. The molecule has 2 heterocycles. The lowest BCUT2D eigenvalue weighted by Crippen LogP contribution is -1.87. The van der Waals surface area contributed by atoms with Crippen LogP contribution < -0.4 is 0 Å². The highest BCUT2D eigenvalue weighted by molar-refractivity contribution is 6.24. The van der Waals surface area contributed by atoms with Crippen molar-refractivity contribution in [2.75, 3.05) is 0 Å². The standard InChI is InChI=1S/C25H16N2/c1-2-8-17(9-3-1)18-13-14-21-22(16-18)19-10-4-5-11-20(19)24-25(21)27-15-7-6-12-23(27)26-24/h1-16H. The maximum Gasteiger partial charge on any atom is 0.137 e. The third-order valence-corrected chi connectivity index (χ3v) is 5.38. The minimum Gasteiger partial charge on any atom is -0.299 e. The summed E-state index contributed by atoms with van der Waals surface area (Å²) in [6.07, 6.45) is 2.10. The normalized spacial score (nSPS) is 11.7. The van der Waals surface area contributed by atoms with Gasteiger partial charge in [0.2, 0.25) is 0 Å². The first-order valence-corrected chi connectivity index (χ1v) is 9.17.